The topological polar surface area (TPSA) is 64.7 Å². The summed E-state index contributed by atoms with van der Waals surface area (Å²) in [6.07, 6.45) is 6.25. The molecule has 3 aromatic rings. The van der Waals surface area contributed by atoms with Crippen LogP contribution < -0.4 is 0 Å². The third kappa shape index (κ3) is 3.19. The van der Waals surface area contributed by atoms with Crippen LogP contribution in [0.2, 0.25) is 0 Å². The first-order valence-corrected chi connectivity index (χ1v) is 8.77. The Bertz CT molecular complexity index is 817. The molecule has 7 heteroatoms. The van der Waals surface area contributed by atoms with E-state index in [1.54, 1.807) is 0 Å². The SMILES string of the molecule is Cc1cccc(C)c1-n1nnnc1CN1CCCC1Cn1cccn1. The Hall–Kier alpha value is -2.54. The van der Waals surface area contributed by atoms with Crippen LogP contribution in [0.1, 0.15) is 29.8 Å². The fourth-order valence-corrected chi connectivity index (χ4v) is 3.73. The van der Waals surface area contributed by atoms with Crippen LogP contribution in [0.15, 0.2) is 36.7 Å². The highest BCUT2D eigenvalue weighted by Gasteiger charge is 2.27. The Morgan fingerprint density at radius 1 is 1.16 bits per heavy atom. The van der Waals surface area contributed by atoms with Crippen molar-refractivity contribution in [2.24, 2.45) is 0 Å². The van der Waals surface area contributed by atoms with E-state index in [0.29, 0.717) is 6.04 Å². The van der Waals surface area contributed by atoms with Gasteiger partial charge < -0.3 is 0 Å². The van der Waals surface area contributed by atoms with Crippen molar-refractivity contribution in [3.8, 4) is 5.69 Å². The average molecular weight is 337 g/mol. The second-order valence-corrected chi connectivity index (χ2v) is 6.74. The van der Waals surface area contributed by atoms with Crippen LogP contribution in [0.25, 0.3) is 5.69 Å². The van der Waals surface area contributed by atoms with Crippen LogP contribution in [-0.2, 0) is 13.1 Å². The van der Waals surface area contributed by atoms with Crippen molar-refractivity contribution in [1.29, 1.82) is 0 Å². The minimum absolute atomic E-state index is 0.475. The van der Waals surface area contributed by atoms with Crippen molar-refractivity contribution in [3.63, 3.8) is 0 Å². The number of hydrogen-bond acceptors (Lipinski definition) is 5. The smallest absolute Gasteiger partial charge is 0.170 e. The maximum absolute atomic E-state index is 4.34. The molecule has 1 aliphatic heterocycles. The van der Waals surface area contributed by atoms with Crippen molar-refractivity contribution >= 4 is 0 Å². The maximum atomic E-state index is 4.34. The first kappa shape index (κ1) is 16.0. The molecule has 1 atom stereocenters. The summed E-state index contributed by atoms with van der Waals surface area (Å²) in [5.74, 6) is 0.893. The number of rotatable bonds is 5. The van der Waals surface area contributed by atoms with E-state index in [1.807, 2.05) is 27.8 Å². The van der Waals surface area contributed by atoms with Crippen molar-refractivity contribution in [2.45, 2.75) is 45.8 Å². The van der Waals surface area contributed by atoms with Gasteiger partial charge in [0.1, 0.15) is 0 Å². The molecule has 0 bridgehead atoms. The zero-order valence-electron chi connectivity index (χ0n) is 14.7. The van der Waals surface area contributed by atoms with Crippen molar-refractivity contribution in [2.75, 3.05) is 6.54 Å². The molecule has 0 saturated carbocycles. The van der Waals surface area contributed by atoms with Crippen LogP contribution >= 0.6 is 0 Å². The highest BCUT2D eigenvalue weighted by Crippen LogP contribution is 2.23. The first-order chi connectivity index (χ1) is 12.2. The summed E-state index contributed by atoms with van der Waals surface area (Å²) in [6, 6.07) is 8.72. The Morgan fingerprint density at radius 2 is 2.00 bits per heavy atom. The lowest BCUT2D eigenvalue weighted by Gasteiger charge is -2.24. The molecule has 0 spiro atoms. The fourth-order valence-electron chi connectivity index (χ4n) is 3.73. The standard InChI is InChI=1S/C18H23N7/c1-14-6-3-7-15(2)18(14)25-17(20-21-22-25)13-23-10-4-8-16(23)12-24-11-5-9-19-24/h3,5-7,9,11,16H,4,8,10,12-13H2,1-2H3. The molecule has 1 aromatic carbocycles. The van der Waals surface area contributed by atoms with Crippen LogP contribution in [-0.4, -0.2) is 47.5 Å². The largest absolute Gasteiger partial charge is 0.291 e. The third-order valence-corrected chi connectivity index (χ3v) is 4.99. The van der Waals surface area contributed by atoms with Gasteiger partial charge in [-0.1, -0.05) is 18.2 Å². The molecule has 0 amide bonds. The lowest BCUT2D eigenvalue weighted by Crippen LogP contribution is -2.33. The first-order valence-electron chi connectivity index (χ1n) is 8.77. The number of hydrogen-bond donors (Lipinski definition) is 0. The Kier molecular flexibility index (Phi) is 4.31. The van der Waals surface area contributed by atoms with Crippen LogP contribution in [0.4, 0.5) is 0 Å². The van der Waals surface area contributed by atoms with Crippen molar-refractivity contribution in [1.82, 2.24) is 34.9 Å². The van der Waals surface area contributed by atoms with Crippen LogP contribution in [0, 0.1) is 13.8 Å². The lowest BCUT2D eigenvalue weighted by atomic mass is 10.1. The highest BCUT2D eigenvalue weighted by atomic mass is 15.6. The zero-order valence-corrected chi connectivity index (χ0v) is 14.7. The number of aryl methyl sites for hydroxylation is 2. The number of likely N-dealkylation sites (tertiary alicyclic amines) is 1. The minimum atomic E-state index is 0.475. The third-order valence-electron chi connectivity index (χ3n) is 4.99. The number of benzene rings is 1. The maximum Gasteiger partial charge on any atom is 0.170 e. The Morgan fingerprint density at radius 3 is 2.76 bits per heavy atom. The molecule has 7 nitrogen and oxygen atoms in total. The number of tetrazole rings is 1. The second-order valence-electron chi connectivity index (χ2n) is 6.74. The van der Waals surface area contributed by atoms with E-state index in [0.717, 1.165) is 31.1 Å². The van der Waals surface area contributed by atoms with Crippen molar-refractivity contribution < 1.29 is 0 Å². The van der Waals surface area contributed by atoms with Gasteiger partial charge in [0.15, 0.2) is 5.82 Å². The van der Waals surface area contributed by atoms with Gasteiger partial charge in [0.05, 0.1) is 18.8 Å². The normalized spacial score (nSPS) is 18.1. The summed E-state index contributed by atoms with van der Waals surface area (Å²) in [4.78, 5) is 2.47. The monoisotopic (exact) mass is 337 g/mol. The van der Waals surface area contributed by atoms with E-state index in [-0.39, 0.29) is 0 Å². The number of aromatic nitrogens is 6. The number of nitrogens with zero attached hydrogens (tertiary/aromatic N) is 7. The van der Waals surface area contributed by atoms with Gasteiger partial charge in [-0.15, -0.1) is 5.10 Å². The van der Waals surface area contributed by atoms with E-state index in [4.69, 9.17) is 0 Å². The summed E-state index contributed by atoms with van der Waals surface area (Å²) in [6.45, 7) is 6.95. The summed E-state index contributed by atoms with van der Waals surface area (Å²) in [7, 11) is 0. The van der Waals surface area contributed by atoms with Gasteiger partial charge in [-0.05, 0) is 60.9 Å². The Balaban J connectivity index is 1.56. The van der Waals surface area contributed by atoms with E-state index >= 15 is 0 Å². The molecular weight excluding hydrogens is 314 g/mol. The van der Waals surface area contributed by atoms with Gasteiger partial charge in [-0.25, -0.2) is 0 Å². The molecule has 0 radical (unpaired) electrons. The molecule has 3 heterocycles. The molecule has 1 fully saturated rings. The highest BCUT2D eigenvalue weighted by molar-refractivity contribution is 5.46. The van der Waals surface area contributed by atoms with Gasteiger partial charge in [-0.2, -0.15) is 9.78 Å². The van der Waals surface area contributed by atoms with E-state index in [1.165, 1.54) is 24.0 Å². The Labute approximate surface area is 147 Å². The minimum Gasteiger partial charge on any atom is -0.291 e. The van der Waals surface area contributed by atoms with E-state index in [9.17, 15) is 0 Å². The molecule has 0 N–H and O–H groups in total. The lowest BCUT2D eigenvalue weighted by molar-refractivity contribution is 0.212. The number of para-hydroxylation sites is 1. The molecule has 0 aliphatic carbocycles. The summed E-state index contributed by atoms with van der Waals surface area (Å²) < 4.78 is 3.91. The van der Waals surface area contributed by atoms with Crippen molar-refractivity contribution in [3.05, 3.63) is 53.6 Å². The second kappa shape index (κ2) is 6.76. The van der Waals surface area contributed by atoms with E-state index in [2.05, 4.69) is 57.6 Å². The molecule has 1 unspecified atom stereocenters. The van der Waals surface area contributed by atoms with Crippen LogP contribution in [0.5, 0.6) is 0 Å². The molecular formula is C18H23N7. The quantitative estimate of drug-likeness (QED) is 0.714. The van der Waals surface area contributed by atoms with E-state index < -0.39 is 0 Å². The zero-order chi connectivity index (χ0) is 17.2. The predicted molar refractivity (Wildman–Crippen MR) is 94.3 cm³/mol. The van der Waals surface area contributed by atoms with Crippen LogP contribution in [0.3, 0.4) is 0 Å². The summed E-state index contributed by atoms with van der Waals surface area (Å²) in [5.41, 5.74) is 3.46. The molecule has 25 heavy (non-hydrogen) atoms. The molecule has 1 saturated heterocycles. The van der Waals surface area contributed by atoms with Gasteiger partial charge in [0, 0.05) is 18.4 Å². The molecule has 1 aliphatic rings. The molecule has 4 rings (SSSR count). The average Bonchev–Trinajstić information content (AvgIpc) is 3.32. The summed E-state index contributed by atoms with van der Waals surface area (Å²) in [5, 5.41) is 16.9. The van der Waals surface area contributed by atoms with Gasteiger partial charge >= 0.3 is 0 Å². The van der Waals surface area contributed by atoms with Gasteiger partial charge in [-0.3, -0.25) is 9.58 Å². The molecule has 2 aromatic heterocycles. The summed E-state index contributed by atoms with van der Waals surface area (Å²) >= 11 is 0. The fraction of sp³-hybridized carbons (Fsp3) is 0.444. The van der Waals surface area contributed by atoms with Gasteiger partial charge in [0.2, 0.25) is 0 Å². The predicted octanol–water partition coefficient (Wildman–Crippen LogP) is 2.14. The molecule has 130 valence electrons. The van der Waals surface area contributed by atoms with Gasteiger partial charge in [0.25, 0.3) is 0 Å².